The summed E-state index contributed by atoms with van der Waals surface area (Å²) >= 11 is 6.00. The number of anilines is 2. The van der Waals surface area contributed by atoms with Gasteiger partial charge in [-0.3, -0.25) is 4.72 Å². The molecular formula is C15H15ClN2O2S. The minimum absolute atomic E-state index is 0.202. The molecule has 0 atom stereocenters. The number of hydrogen-bond acceptors (Lipinski definition) is 3. The average Bonchev–Trinajstić information content (AvgIpc) is 2.88. The second-order valence-electron chi connectivity index (χ2n) is 5.02. The number of nitrogens with one attached hydrogen (secondary N) is 2. The van der Waals surface area contributed by atoms with Crippen molar-refractivity contribution < 1.29 is 8.42 Å². The highest BCUT2D eigenvalue weighted by molar-refractivity contribution is 7.92. The zero-order valence-electron chi connectivity index (χ0n) is 11.5. The molecule has 1 aliphatic heterocycles. The SMILES string of the molecule is Cc1c(Cl)cccc1S(=O)(=O)Nc1ccc2c(c1)CCN2. The molecule has 0 fully saturated rings. The average molecular weight is 323 g/mol. The van der Waals surface area contributed by atoms with Gasteiger partial charge in [0, 0.05) is 22.9 Å². The minimum atomic E-state index is -3.64. The molecule has 4 nitrogen and oxygen atoms in total. The lowest BCUT2D eigenvalue weighted by Crippen LogP contribution is -2.14. The lowest BCUT2D eigenvalue weighted by Gasteiger charge is -2.12. The first-order valence-electron chi connectivity index (χ1n) is 6.62. The van der Waals surface area contributed by atoms with E-state index < -0.39 is 10.0 Å². The summed E-state index contributed by atoms with van der Waals surface area (Å²) in [6.07, 6.45) is 0.904. The van der Waals surface area contributed by atoms with Gasteiger partial charge in [-0.15, -0.1) is 0 Å². The van der Waals surface area contributed by atoms with E-state index in [1.807, 2.05) is 12.1 Å². The van der Waals surface area contributed by atoms with Gasteiger partial charge in [-0.2, -0.15) is 0 Å². The fourth-order valence-corrected chi connectivity index (χ4v) is 4.01. The molecule has 1 heterocycles. The van der Waals surface area contributed by atoms with E-state index in [2.05, 4.69) is 10.0 Å². The predicted molar refractivity (Wildman–Crippen MR) is 85.6 cm³/mol. The van der Waals surface area contributed by atoms with Crippen molar-refractivity contribution in [1.82, 2.24) is 0 Å². The molecule has 0 saturated carbocycles. The summed E-state index contributed by atoms with van der Waals surface area (Å²) in [4.78, 5) is 0.202. The number of rotatable bonds is 3. The Morgan fingerprint density at radius 2 is 2.05 bits per heavy atom. The molecule has 21 heavy (non-hydrogen) atoms. The summed E-state index contributed by atoms with van der Waals surface area (Å²) in [5.41, 5.74) is 3.31. The van der Waals surface area contributed by atoms with Crippen LogP contribution in [0.2, 0.25) is 5.02 Å². The van der Waals surface area contributed by atoms with Gasteiger partial charge in [-0.25, -0.2) is 8.42 Å². The molecule has 2 aromatic carbocycles. The maximum absolute atomic E-state index is 12.5. The highest BCUT2D eigenvalue weighted by atomic mass is 35.5. The van der Waals surface area contributed by atoms with Gasteiger partial charge >= 0.3 is 0 Å². The zero-order valence-corrected chi connectivity index (χ0v) is 13.1. The Bertz CT molecular complexity index is 803. The normalized spacial score (nSPS) is 13.6. The molecule has 0 aliphatic carbocycles. The van der Waals surface area contributed by atoms with Crippen LogP contribution in [0.1, 0.15) is 11.1 Å². The monoisotopic (exact) mass is 322 g/mol. The van der Waals surface area contributed by atoms with E-state index in [9.17, 15) is 8.42 Å². The standard InChI is InChI=1S/C15H15ClN2O2S/c1-10-13(16)3-2-4-15(10)21(19,20)18-12-5-6-14-11(9-12)7-8-17-14/h2-6,9,17-18H,7-8H2,1H3. The molecule has 0 aromatic heterocycles. The third kappa shape index (κ3) is 2.71. The lowest BCUT2D eigenvalue weighted by molar-refractivity contribution is 0.600. The fraction of sp³-hybridized carbons (Fsp3) is 0.200. The third-order valence-corrected chi connectivity index (χ3v) is 5.51. The fourth-order valence-electron chi connectivity index (χ4n) is 2.46. The highest BCUT2D eigenvalue weighted by Crippen LogP contribution is 2.28. The van der Waals surface area contributed by atoms with Gasteiger partial charge in [0.2, 0.25) is 0 Å². The minimum Gasteiger partial charge on any atom is -0.384 e. The summed E-state index contributed by atoms with van der Waals surface area (Å²) < 4.78 is 27.6. The number of halogens is 1. The van der Waals surface area contributed by atoms with Crippen LogP contribution < -0.4 is 10.0 Å². The van der Waals surface area contributed by atoms with Crippen molar-refractivity contribution in [2.75, 3.05) is 16.6 Å². The van der Waals surface area contributed by atoms with Crippen molar-refractivity contribution in [2.45, 2.75) is 18.2 Å². The van der Waals surface area contributed by atoms with Crippen LogP contribution in [0.25, 0.3) is 0 Å². The number of benzene rings is 2. The third-order valence-electron chi connectivity index (χ3n) is 3.57. The first kappa shape index (κ1) is 14.2. The van der Waals surface area contributed by atoms with E-state index in [0.717, 1.165) is 24.2 Å². The van der Waals surface area contributed by atoms with Gasteiger partial charge in [-0.05, 0) is 54.8 Å². The van der Waals surface area contributed by atoms with Crippen LogP contribution in [0.15, 0.2) is 41.3 Å². The van der Waals surface area contributed by atoms with E-state index in [1.165, 1.54) is 0 Å². The quantitative estimate of drug-likeness (QED) is 0.910. The molecule has 0 radical (unpaired) electrons. The second kappa shape index (κ2) is 5.24. The summed E-state index contributed by atoms with van der Waals surface area (Å²) in [5.74, 6) is 0. The summed E-state index contributed by atoms with van der Waals surface area (Å²) in [5, 5.41) is 3.68. The molecule has 0 spiro atoms. The number of hydrogen-bond donors (Lipinski definition) is 2. The van der Waals surface area contributed by atoms with Crippen LogP contribution in [0, 0.1) is 6.92 Å². The highest BCUT2D eigenvalue weighted by Gasteiger charge is 2.19. The Kier molecular flexibility index (Phi) is 3.55. The number of sulfonamides is 1. The Labute approximate surface area is 129 Å². The van der Waals surface area contributed by atoms with Crippen molar-refractivity contribution in [3.05, 3.63) is 52.5 Å². The number of fused-ring (bicyclic) bond motifs is 1. The Balaban J connectivity index is 1.95. The van der Waals surface area contributed by atoms with E-state index in [-0.39, 0.29) is 4.90 Å². The van der Waals surface area contributed by atoms with Gasteiger partial charge in [0.15, 0.2) is 0 Å². The Hall–Kier alpha value is -1.72. The van der Waals surface area contributed by atoms with Crippen molar-refractivity contribution >= 4 is 33.0 Å². The second-order valence-corrected chi connectivity index (χ2v) is 7.08. The van der Waals surface area contributed by atoms with Crippen LogP contribution in [-0.2, 0) is 16.4 Å². The Morgan fingerprint density at radius 3 is 2.86 bits per heavy atom. The van der Waals surface area contributed by atoms with E-state index in [1.54, 1.807) is 31.2 Å². The smallest absolute Gasteiger partial charge is 0.262 e. The van der Waals surface area contributed by atoms with Gasteiger partial charge in [0.25, 0.3) is 10.0 Å². The molecule has 2 N–H and O–H groups in total. The predicted octanol–water partition coefficient (Wildman–Crippen LogP) is 3.42. The maximum atomic E-state index is 12.5. The van der Waals surface area contributed by atoms with Crippen molar-refractivity contribution in [1.29, 1.82) is 0 Å². The molecule has 0 amide bonds. The van der Waals surface area contributed by atoms with E-state index in [0.29, 0.717) is 16.3 Å². The topological polar surface area (TPSA) is 58.2 Å². The molecule has 0 saturated heterocycles. The van der Waals surface area contributed by atoms with E-state index in [4.69, 9.17) is 11.6 Å². The maximum Gasteiger partial charge on any atom is 0.262 e. The van der Waals surface area contributed by atoms with Gasteiger partial charge in [0.1, 0.15) is 0 Å². The first-order valence-corrected chi connectivity index (χ1v) is 8.48. The van der Waals surface area contributed by atoms with Crippen LogP contribution in [0.3, 0.4) is 0 Å². The molecule has 2 aromatic rings. The van der Waals surface area contributed by atoms with Crippen molar-refractivity contribution in [3.63, 3.8) is 0 Å². The molecule has 6 heteroatoms. The molecular weight excluding hydrogens is 308 g/mol. The zero-order chi connectivity index (χ0) is 15.0. The van der Waals surface area contributed by atoms with Crippen molar-refractivity contribution in [3.8, 4) is 0 Å². The Morgan fingerprint density at radius 1 is 1.24 bits per heavy atom. The molecule has 0 unspecified atom stereocenters. The lowest BCUT2D eigenvalue weighted by atomic mass is 10.1. The summed E-state index contributed by atoms with van der Waals surface area (Å²) in [6, 6.07) is 10.4. The van der Waals surface area contributed by atoms with Gasteiger partial charge in [0.05, 0.1) is 4.90 Å². The molecule has 110 valence electrons. The van der Waals surface area contributed by atoms with Crippen molar-refractivity contribution in [2.24, 2.45) is 0 Å². The van der Waals surface area contributed by atoms with E-state index >= 15 is 0 Å². The van der Waals surface area contributed by atoms with Crippen LogP contribution >= 0.6 is 11.6 Å². The van der Waals surface area contributed by atoms with Crippen LogP contribution in [-0.4, -0.2) is 15.0 Å². The van der Waals surface area contributed by atoms with Gasteiger partial charge < -0.3 is 5.32 Å². The molecule has 0 bridgehead atoms. The van der Waals surface area contributed by atoms with Crippen LogP contribution in [0.4, 0.5) is 11.4 Å². The molecule has 1 aliphatic rings. The first-order chi connectivity index (χ1) is 9.97. The summed E-state index contributed by atoms with van der Waals surface area (Å²) in [6.45, 7) is 2.59. The van der Waals surface area contributed by atoms with Crippen LogP contribution in [0.5, 0.6) is 0 Å². The largest absolute Gasteiger partial charge is 0.384 e. The summed E-state index contributed by atoms with van der Waals surface area (Å²) in [7, 11) is -3.64. The molecule has 3 rings (SSSR count). The van der Waals surface area contributed by atoms with Gasteiger partial charge in [-0.1, -0.05) is 17.7 Å².